The lowest BCUT2D eigenvalue weighted by Crippen LogP contribution is -2.53. The molecule has 2 aliphatic heterocycles. The molecule has 0 radical (unpaired) electrons. The van der Waals surface area contributed by atoms with Crippen molar-refractivity contribution >= 4 is 5.97 Å². The summed E-state index contributed by atoms with van der Waals surface area (Å²) in [6.45, 7) is 3.19. The fourth-order valence-electron chi connectivity index (χ4n) is 3.04. The maximum Gasteiger partial charge on any atom is 0.308 e. The number of carbonyl (C=O) groups is 1. The Kier molecular flexibility index (Phi) is 2.77. The van der Waals surface area contributed by atoms with Crippen molar-refractivity contribution in [2.45, 2.75) is 51.1 Å². The second-order valence-electron chi connectivity index (χ2n) is 4.65. The first-order valence-electron chi connectivity index (χ1n) is 5.68. The Hall–Kier alpha value is -0.570. The van der Waals surface area contributed by atoms with Crippen LogP contribution in [0.1, 0.15) is 39.0 Å². The molecule has 1 N–H and O–H groups in total. The predicted octanol–water partition coefficient (Wildman–Crippen LogP) is 1.72. The second-order valence-corrected chi connectivity index (χ2v) is 4.65. The monoisotopic (exact) mass is 197 g/mol. The minimum atomic E-state index is -0.610. The highest BCUT2D eigenvalue weighted by molar-refractivity contribution is 5.71. The quantitative estimate of drug-likeness (QED) is 0.696. The van der Waals surface area contributed by atoms with E-state index in [1.54, 1.807) is 0 Å². The summed E-state index contributed by atoms with van der Waals surface area (Å²) in [5.41, 5.74) is 0. The van der Waals surface area contributed by atoms with E-state index in [1.807, 2.05) is 0 Å². The van der Waals surface area contributed by atoms with Crippen molar-refractivity contribution in [3.8, 4) is 0 Å². The van der Waals surface area contributed by atoms with E-state index < -0.39 is 5.97 Å². The molecule has 0 bridgehead atoms. The van der Waals surface area contributed by atoms with E-state index in [2.05, 4.69) is 11.8 Å². The van der Waals surface area contributed by atoms with Crippen LogP contribution in [0.2, 0.25) is 0 Å². The summed E-state index contributed by atoms with van der Waals surface area (Å²) in [5, 5.41) is 9.07. The standard InChI is InChI=1S/C11H19NO2/c1-8-10(11(13)14)6-5-9-4-2-3-7-12(8)9/h8-10H,2-7H2,1H3,(H,13,14). The first-order valence-corrected chi connectivity index (χ1v) is 5.68. The first-order chi connectivity index (χ1) is 6.70. The zero-order chi connectivity index (χ0) is 10.1. The van der Waals surface area contributed by atoms with E-state index in [4.69, 9.17) is 5.11 Å². The van der Waals surface area contributed by atoms with Gasteiger partial charge in [0.25, 0.3) is 0 Å². The van der Waals surface area contributed by atoms with Crippen LogP contribution >= 0.6 is 0 Å². The Bertz CT molecular complexity index is 229. The van der Waals surface area contributed by atoms with Crippen LogP contribution < -0.4 is 0 Å². The van der Waals surface area contributed by atoms with E-state index in [9.17, 15) is 4.79 Å². The highest BCUT2D eigenvalue weighted by atomic mass is 16.4. The fourth-order valence-corrected chi connectivity index (χ4v) is 3.04. The van der Waals surface area contributed by atoms with E-state index >= 15 is 0 Å². The fraction of sp³-hybridized carbons (Fsp3) is 0.909. The average molecular weight is 197 g/mol. The van der Waals surface area contributed by atoms with Gasteiger partial charge in [-0.1, -0.05) is 6.42 Å². The molecule has 3 heteroatoms. The Morgan fingerprint density at radius 3 is 2.79 bits per heavy atom. The molecule has 2 heterocycles. The van der Waals surface area contributed by atoms with Gasteiger partial charge in [-0.3, -0.25) is 9.69 Å². The second kappa shape index (κ2) is 3.89. The van der Waals surface area contributed by atoms with Crippen LogP contribution in [-0.2, 0) is 4.79 Å². The number of aliphatic carboxylic acids is 1. The zero-order valence-corrected chi connectivity index (χ0v) is 8.78. The number of carboxylic acids is 1. The molecule has 3 unspecified atom stereocenters. The Labute approximate surface area is 85.1 Å². The van der Waals surface area contributed by atoms with Crippen LogP contribution in [0.3, 0.4) is 0 Å². The molecular weight excluding hydrogens is 178 g/mol. The Morgan fingerprint density at radius 1 is 1.29 bits per heavy atom. The van der Waals surface area contributed by atoms with E-state index in [-0.39, 0.29) is 12.0 Å². The molecule has 2 saturated heterocycles. The minimum Gasteiger partial charge on any atom is -0.481 e. The molecule has 2 fully saturated rings. The SMILES string of the molecule is CC1C(C(=O)O)CCC2CCCCN21. The summed E-state index contributed by atoms with van der Waals surface area (Å²) in [4.78, 5) is 13.4. The molecule has 0 saturated carbocycles. The maximum absolute atomic E-state index is 11.0. The molecule has 2 rings (SSSR count). The van der Waals surface area contributed by atoms with Crippen LogP contribution in [0.25, 0.3) is 0 Å². The number of hydrogen-bond donors (Lipinski definition) is 1. The number of nitrogens with zero attached hydrogens (tertiary/aromatic N) is 1. The van der Waals surface area contributed by atoms with Crippen molar-refractivity contribution in [3.05, 3.63) is 0 Å². The molecule has 0 spiro atoms. The number of piperidine rings is 2. The summed E-state index contributed by atoms with van der Waals surface area (Å²) >= 11 is 0. The summed E-state index contributed by atoms with van der Waals surface area (Å²) in [6.07, 6.45) is 5.80. The smallest absolute Gasteiger partial charge is 0.308 e. The third-order valence-electron chi connectivity index (χ3n) is 3.91. The van der Waals surface area contributed by atoms with Gasteiger partial charge in [-0.15, -0.1) is 0 Å². The number of rotatable bonds is 1. The Morgan fingerprint density at radius 2 is 2.07 bits per heavy atom. The molecule has 0 aromatic heterocycles. The highest BCUT2D eigenvalue weighted by Crippen LogP contribution is 2.33. The summed E-state index contributed by atoms with van der Waals surface area (Å²) in [7, 11) is 0. The van der Waals surface area contributed by atoms with Gasteiger partial charge in [0.1, 0.15) is 0 Å². The summed E-state index contributed by atoms with van der Waals surface area (Å²) in [5.74, 6) is -0.745. The van der Waals surface area contributed by atoms with Crippen LogP contribution in [0, 0.1) is 5.92 Å². The highest BCUT2D eigenvalue weighted by Gasteiger charge is 2.38. The molecule has 0 aliphatic carbocycles. The van der Waals surface area contributed by atoms with Crippen LogP contribution in [0.4, 0.5) is 0 Å². The van der Waals surface area contributed by atoms with Gasteiger partial charge in [0, 0.05) is 12.1 Å². The molecule has 2 aliphatic rings. The van der Waals surface area contributed by atoms with Crippen LogP contribution in [-0.4, -0.2) is 34.6 Å². The van der Waals surface area contributed by atoms with Crippen molar-refractivity contribution < 1.29 is 9.90 Å². The molecule has 0 amide bonds. The van der Waals surface area contributed by atoms with Crippen molar-refractivity contribution in [1.82, 2.24) is 4.90 Å². The van der Waals surface area contributed by atoms with E-state index in [0.717, 1.165) is 19.4 Å². The van der Waals surface area contributed by atoms with E-state index in [0.29, 0.717) is 6.04 Å². The van der Waals surface area contributed by atoms with Gasteiger partial charge in [0.05, 0.1) is 5.92 Å². The van der Waals surface area contributed by atoms with Gasteiger partial charge < -0.3 is 5.11 Å². The average Bonchev–Trinajstić information content (AvgIpc) is 2.18. The lowest BCUT2D eigenvalue weighted by Gasteiger charge is -2.46. The van der Waals surface area contributed by atoms with Gasteiger partial charge >= 0.3 is 5.97 Å². The molecule has 0 aromatic rings. The first kappa shape index (κ1) is 9.97. The third-order valence-corrected chi connectivity index (χ3v) is 3.91. The third kappa shape index (κ3) is 1.65. The topological polar surface area (TPSA) is 40.5 Å². The van der Waals surface area contributed by atoms with Crippen molar-refractivity contribution in [2.24, 2.45) is 5.92 Å². The van der Waals surface area contributed by atoms with Gasteiger partial charge in [-0.2, -0.15) is 0 Å². The minimum absolute atomic E-state index is 0.135. The lowest BCUT2D eigenvalue weighted by atomic mass is 9.82. The summed E-state index contributed by atoms with van der Waals surface area (Å²) in [6, 6.07) is 0.917. The van der Waals surface area contributed by atoms with Crippen LogP contribution in [0.5, 0.6) is 0 Å². The van der Waals surface area contributed by atoms with Gasteiger partial charge in [-0.05, 0) is 39.2 Å². The van der Waals surface area contributed by atoms with Gasteiger partial charge in [-0.25, -0.2) is 0 Å². The predicted molar refractivity (Wildman–Crippen MR) is 54.2 cm³/mol. The largest absolute Gasteiger partial charge is 0.481 e. The molecule has 3 nitrogen and oxygen atoms in total. The molecule has 80 valence electrons. The number of hydrogen-bond acceptors (Lipinski definition) is 2. The van der Waals surface area contributed by atoms with Gasteiger partial charge in [0.15, 0.2) is 0 Å². The normalized spacial score (nSPS) is 39.1. The van der Waals surface area contributed by atoms with Crippen molar-refractivity contribution in [1.29, 1.82) is 0 Å². The molecule has 3 atom stereocenters. The van der Waals surface area contributed by atoms with Gasteiger partial charge in [0.2, 0.25) is 0 Å². The molecular formula is C11H19NO2. The van der Waals surface area contributed by atoms with Crippen molar-refractivity contribution in [3.63, 3.8) is 0 Å². The number of carboxylic acid groups (broad SMARTS) is 1. The lowest BCUT2D eigenvalue weighted by molar-refractivity contribution is -0.147. The number of fused-ring (bicyclic) bond motifs is 1. The van der Waals surface area contributed by atoms with E-state index in [1.165, 1.54) is 19.3 Å². The van der Waals surface area contributed by atoms with Crippen LogP contribution in [0.15, 0.2) is 0 Å². The molecule has 14 heavy (non-hydrogen) atoms. The molecule has 0 aromatic carbocycles. The maximum atomic E-state index is 11.0. The summed E-state index contributed by atoms with van der Waals surface area (Å²) < 4.78 is 0. The zero-order valence-electron chi connectivity index (χ0n) is 8.78. The Balaban J connectivity index is 2.06. The van der Waals surface area contributed by atoms with Crippen molar-refractivity contribution in [2.75, 3.05) is 6.54 Å².